The fourth-order valence-corrected chi connectivity index (χ4v) is 4.50. The number of likely N-dealkylation sites (N-methyl/N-ethyl adjacent to an activating group) is 1. The fraction of sp³-hybridized carbons (Fsp3) is 0.480. The average Bonchev–Trinajstić information content (AvgIpc) is 2.81. The van der Waals surface area contributed by atoms with E-state index >= 15 is 0 Å². The first-order valence-electron chi connectivity index (χ1n) is 11.7. The molecule has 10 nitrogen and oxygen atoms in total. The maximum atomic E-state index is 13.2. The standard InChI is InChI=1S/C25H32FN5O5/c1-14-10-11-31-20(19(25(2,3)12-14)29-22(34)24(36)30(4)5)28-17(18(32)23(31)35)21(33)27-13-15-6-8-16(26)9-7-15/h6-9,14,19,32H,10-13H2,1-5H3,(H,27,33)(H,29,34)/t14?,19-/m0/s1. The summed E-state index contributed by atoms with van der Waals surface area (Å²) < 4.78 is 14.4. The van der Waals surface area contributed by atoms with Gasteiger partial charge in [0, 0.05) is 27.2 Å². The van der Waals surface area contributed by atoms with Crippen LogP contribution in [0.2, 0.25) is 0 Å². The Balaban J connectivity index is 2.05. The fourth-order valence-electron chi connectivity index (χ4n) is 4.50. The zero-order chi connectivity index (χ0) is 26.8. The Labute approximate surface area is 208 Å². The van der Waals surface area contributed by atoms with E-state index in [1.54, 1.807) is 0 Å². The molecule has 1 aliphatic rings. The van der Waals surface area contributed by atoms with E-state index in [1.165, 1.54) is 42.9 Å². The molecule has 3 amide bonds. The Hall–Kier alpha value is -3.76. The molecular formula is C25H32FN5O5. The Morgan fingerprint density at radius 2 is 1.86 bits per heavy atom. The van der Waals surface area contributed by atoms with Gasteiger partial charge in [0.15, 0.2) is 5.69 Å². The highest BCUT2D eigenvalue weighted by atomic mass is 19.1. The lowest BCUT2D eigenvalue weighted by atomic mass is 9.74. The molecule has 0 radical (unpaired) electrons. The van der Waals surface area contributed by atoms with Crippen molar-refractivity contribution in [3.63, 3.8) is 0 Å². The summed E-state index contributed by atoms with van der Waals surface area (Å²) in [6.07, 6.45) is 1.27. The first kappa shape index (κ1) is 26.8. The molecule has 36 heavy (non-hydrogen) atoms. The Bertz CT molecular complexity index is 1220. The van der Waals surface area contributed by atoms with Crippen LogP contribution in [0, 0.1) is 17.2 Å². The second-order valence-electron chi connectivity index (χ2n) is 10.1. The molecular weight excluding hydrogens is 469 g/mol. The van der Waals surface area contributed by atoms with Gasteiger partial charge in [0.05, 0.1) is 6.04 Å². The van der Waals surface area contributed by atoms with E-state index < -0.39 is 52.0 Å². The molecule has 0 bridgehead atoms. The third-order valence-corrected chi connectivity index (χ3v) is 6.39. The van der Waals surface area contributed by atoms with Crippen LogP contribution >= 0.6 is 0 Å². The summed E-state index contributed by atoms with van der Waals surface area (Å²) in [5.41, 5.74) is -1.34. The van der Waals surface area contributed by atoms with Gasteiger partial charge in [-0.2, -0.15) is 0 Å². The number of halogens is 1. The minimum atomic E-state index is -0.895. The largest absolute Gasteiger partial charge is 0.501 e. The normalized spacial score (nSPS) is 18.8. The van der Waals surface area contributed by atoms with Gasteiger partial charge in [-0.15, -0.1) is 0 Å². The lowest BCUT2D eigenvalue weighted by Crippen LogP contribution is -2.48. The number of amides is 3. The number of nitrogens with one attached hydrogen (secondary N) is 2. The van der Waals surface area contributed by atoms with Gasteiger partial charge in [0.2, 0.25) is 5.75 Å². The van der Waals surface area contributed by atoms with Crippen LogP contribution < -0.4 is 16.2 Å². The number of hydrogen-bond acceptors (Lipinski definition) is 6. The smallest absolute Gasteiger partial charge is 0.311 e. The number of hydrogen-bond donors (Lipinski definition) is 3. The van der Waals surface area contributed by atoms with E-state index in [9.17, 15) is 28.7 Å². The summed E-state index contributed by atoms with van der Waals surface area (Å²) in [6, 6.07) is 4.60. The summed E-state index contributed by atoms with van der Waals surface area (Å²) in [5.74, 6) is -3.42. The van der Waals surface area contributed by atoms with Gasteiger partial charge < -0.3 is 20.6 Å². The van der Waals surface area contributed by atoms with Crippen molar-refractivity contribution in [3.8, 4) is 5.75 Å². The average molecular weight is 502 g/mol. The van der Waals surface area contributed by atoms with Crippen LogP contribution in [-0.4, -0.2) is 51.4 Å². The van der Waals surface area contributed by atoms with Crippen LogP contribution in [0.1, 0.15) is 61.5 Å². The maximum absolute atomic E-state index is 13.2. The number of carbonyl (C=O) groups is 3. The number of aromatic hydroxyl groups is 1. The SMILES string of the molecule is CC1CCn2c(nc(C(=O)NCc3ccc(F)cc3)c(O)c2=O)[C@H](NC(=O)C(=O)N(C)C)C(C)(C)C1. The predicted octanol–water partition coefficient (Wildman–Crippen LogP) is 1.72. The van der Waals surface area contributed by atoms with Crippen LogP contribution in [0.15, 0.2) is 29.1 Å². The van der Waals surface area contributed by atoms with Gasteiger partial charge in [0.1, 0.15) is 11.6 Å². The van der Waals surface area contributed by atoms with Crippen LogP contribution in [0.4, 0.5) is 4.39 Å². The second kappa shape index (κ2) is 10.5. The van der Waals surface area contributed by atoms with Crippen LogP contribution in [0.3, 0.4) is 0 Å². The summed E-state index contributed by atoms with van der Waals surface area (Å²) in [6.45, 7) is 6.03. The highest BCUT2D eigenvalue weighted by Crippen LogP contribution is 2.41. The molecule has 1 aromatic carbocycles. The number of nitrogens with zero attached hydrogens (tertiary/aromatic N) is 3. The van der Waals surface area contributed by atoms with Gasteiger partial charge in [-0.25, -0.2) is 9.37 Å². The molecule has 0 spiro atoms. The topological polar surface area (TPSA) is 134 Å². The molecule has 2 heterocycles. The monoisotopic (exact) mass is 501 g/mol. The lowest BCUT2D eigenvalue weighted by molar-refractivity contribution is -0.145. The number of fused-ring (bicyclic) bond motifs is 1. The molecule has 0 aliphatic carbocycles. The highest BCUT2D eigenvalue weighted by Gasteiger charge is 2.40. The summed E-state index contributed by atoms with van der Waals surface area (Å²) in [5, 5.41) is 15.9. The molecule has 3 rings (SSSR count). The molecule has 0 saturated heterocycles. The maximum Gasteiger partial charge on any atom is 0.311 e. The van der Waals surface area contributed by atoms with Crippen LogP contribution in [0.5, 0.6) is 5.75 Å². The third kappa shape index (κ3) is 5.72. The molecule has 0 fully saturated rings. The van der Waals surface area contributed by atoms with Crippen molar-refractivity contribution in [3.05, 3.63) is 57.5 Å². The molecule has 0 saturated carbocycles. The minimum absolute atomic E-state index is 0.0131. The molecule has 1 unspecified atom stereocenters. The first-order valence-corrected chi connectivity index (χ1v) is 11.7. The van der Waals surface area contributed by atoms with E-state index in [0.717, 1.165) is 4.90 Å². The molecule has 194 valence electrons. The minimum Gasteiger partial charge on any atom is -0.501 e. The lowest BCUT2D eigenvalue weighted by Gasteiger charge is -2.39. The molecule has 2 atom stereocenters. The van der Waals surface area contributed by atoms with Crippen molar-refractivity contribution in [2.24, 2.45) is 11.3 Å². The Morgan fingerprint density at radius 1 is 1.22 bits per heavy atom. The van der Waals surface area contributed by atoms with Gasteiger partial charge in [-0.3, -0.25) is 23.7 Å². The quantitative estimate of drug-likeness (QED) is 0.547. The summed E-state index contributed by atoms with van der Waals surface area (Å²) >= 11 is 0. The van der Waals surface area contributed by atoms with Crippen LogP contribution in [0.25, 0.3) is 0 Å². The molecule has 2 aromatic rings. The second-order valence-corrected chi connectivity index (χ2v) is 10.1. The van der Waals surface area contributed by atoms with E-state index in [0.29, 0.717) is 18.4 Å². The van der Waals surface area contributed by atoms with Crippen molar-refractivity contribution in [1.82, 2.24) is 25.1 Å². The molecule has 3 N–H and O–H groups in total. The molecule has 11 heteroatoms. The Kier molecular flexibility index (Phi) is 7.80. The number of carbonyl (C=O) groups excluding carboxylic acids is 3. The van der Waals surface area contributed by atoms with Crippen LogP contribution in [-0.2, 0) is 22.7 Å². The highest BCUT2D eigenvalue weighted by molar-refractivity contribution is 6.34. The van der Waals surface area contributed by atoms with Crippen molar-refractivity contribution in [1.29, 1.82) is 0 Å². The van der Waals surface area contributed by atoms with Crippen molar-refractivity contribution < 1.29 is 23.9 Å². The first-order chi connectivity index (χ1) is 16.8. The van der Waals surface area contributed by atoms with E-state index in [4.69, 9.17) is 0 Å². The van der Waals surface area contributed by atoms with Crippen molar-refractivity contribution >= 4 is 17.7 Å². The number of aromatic nitrogens is 2. The Morgan fingerprint density at radius 3 is 2.47 bits per heavy atom. The predicted molar refractivity (Wildman–Crippen MR) is 129 cm³/mol. The van der Waals surface area contributed by atoms with Gasteiger partial charge >= 0.3 is 11.8 Å². The van der Waals surface area contributed by atoms with E-state index in [-0.39, 0.29) is 24.8 Å². The van der Waals surface area contributed by atoms with E-state index in [2.05, 4.69) is 15.6 Å². The van der Waals surface area contributed by atoms with E-state index in [1.807, 2.05) is 20.8 Å². The van der Waals surface area contributed by atoms with Crippen molar-refractivity contribution in [2.75, 3.05) is 14.1 Å². The summed E-state index contributed by atoms with van der Waals surface area (Å²) in [4.78, 5) is 56.6. The van der Waals surface area contributed by atoms with Crippen molar-refractivity contribution in [2.45, 2.75) is 52.7 Å². The molecule has 1 aromatic heterocycles. The molecule has 1 aliphatic heterocycles. The third-order valence-electron chi connectivity index (χ3n) is 6.39. The zero-order valence-electron chi connectivity index (χ0n) is 21.1. The number of benzene rings is 1. The number of rotatable bonds is 4. The summed E-state index contributed by atoms with van der Waals surface area (Å²) in [7, 11) is 2.90. The van der Waals surface area contributed by atoms with Gasteiger partial charge in [-0.1, -0.05) is 32.9 Å². The zero-order valence-corrected chi connectivity index (χ0v) is 21.1. The van der Waals surface area contributed by atoms with Gasteiger partial charge in [0.25, 0.3) is 11.5 Å². The van der Waals surface area contributed by atoms with Gasteiger partial charge in [-0.05, 0) is 41.9 Å².